The Bertz CT molecular complexity index is 567. The summed E-state index contributed by atoms with van der Waals surface area (Å²) >= 11 is 0. The number of imide groups is 1. The lowest BCUT2D eigenvalue weighted by Gasteiger charge is -2.10. The zero-order valence-electron chi connectivity index (χ0n) is 11.5. The Kier molecular flexibility index (Phi) is 5.53. The van der Waals surface area contributed by atoms with Gasteiger partial charge in [0.25, 0.3) is 11.6 Å². The fourth-order valence-electron chi connectivity index (χ4n) is 1.40. The largest absolute Gasteiger partial charge is 0.465 e. The van der Waals surface area contributed by atoms with Crippen molar-refractivity contribution in [3.8, 4) is 0 Å². The summed E-state index contributed by atoms with van der Waals surface area (Å²) in [6, 6.07) is 4.73. The van der Waals surface area contributed by atoms with Gasteiger partial charge in [0.15, 0.2) is 0 Å². The van der Waals surface area contributed by atoms with Crippen LogP contribution in [-0.2, 0) is 14.3 Å². The summed E-state index contributed by atoms with van der Waals surface area (Å²) in [6.45, 7) is 3.05. The Labute approximate surface area is 120 Å². The summed E-state index contributed by atoms with van der Waals surface area (Å²) in [5.74, 6) is -3.39. The predicted molar refractivity (Wildman–Crippen MR) is 71.4 cm³/mol. The number of carbonyl (C=O) groups excluding carboxylic acids is 3. The van der Waals surface area contributed by atoms with Crippen LogP contribution in [0, 0.1) is 16.0 Å². The highest BCUT2D eigenvalue weighted by molar-refractivity contribution is 6.09. The van der Waals surface area contributed by atoms with E-state index in [4.69, 9.17) is 0 Å². The molecule has 0 radical (unpaired) electrons. The molecule has 1 aromatic rings. The van der Waals surface area contributed by atoms with Crippen molar-refractivity contribution in [3.63, 3.8) is 0 Å². The average Bonchev–Trinajstić information content (AvgIpc) is 2.46. The molecule has 0 saturated carbocycles. The van der Waals surface area contributed by atoms with Crippen molar-refractivity contribution in [2.45, 2.75) is 13.8 Å². The number of nitrogens with zero attached hydrogens (tertiary/aromatic N) is 1. The van der Waals surface area contributed by atoms with E-state index in [9.17, 15) is 24.5 Å². The Balaban J connectivity index is 2.70. The summed E-state index contributed by atoms with van der Waals surface area (Å²) in [7, 11) is 0. The second-order valence-electron chi connectivity index (χ2n) is 4.10. The van der Waals surface area contributed by atoms with E-state index in [1.54, 1.807) is 6.92 Å². The maximum Gasteiger partial charge on any atom is 0.318 e. The zero-order chi connectivity index (χ0) is 16.0. The highest BCUT2D eigenvalue weighted by Crippen LogP contribution is 2.12. The maximum absolute atomic E-state index is 11.8. The van der Waals surface area contributed by atoms with Gasteiger partial charge in [0, 0.05) is 17.7 Å². The van der Waals surface area contributed by atoms with Crippen LogP contribution < -0.4 is 5.32 Å². The second-order valence-corrected chi connectivity index (χ2v) is 4.10. The molecule has 0 aromatic heterocycles. The zero-order valence-corrected chi connectivity index (χ0v) is 11.5. The van der Waals surface area contributed by atoms with Crippen LogP contribution in [0.15, 0.2) is 24.3 Å². The Morgan fingerprint density at radius 1 is 1.29 bits per heavy atom. The molecule has 1 rings (SSSR count). The van der Waals surface area contributed by atoms with Gasteiger partial charge < -0.3 is 4.74 Å². The van der Waals surface area contributed by atoms with E-state index in [0.717, 1.165) is 12.1 Å². The normalized spacial score (nSPS) is 11.3. The minimum atomic E-state index is -1.12. The van der Waals surface area contributed by atoms with Crippen molar-refractivity contribution in [2.24, 2.45) is 5.92 Å². The number of amides is 2. The molecule has 1 atom stereocenters. The molecule has 0 spiro atoms. The number of nitro groups is 1. The number of esters is 1. The summed E-state index contributed by atoms with van der Waals surface area (Å²) in [5.41, 5.74) is -0.0947. The number of hydrogen-bond acceptors (Lipinski definition) is 6. The van der Waals surface area contributed by atoms with E-state index in [0.29, 0.717) is 0 Å². The van der Waals surface area contributed by atoms with Gasteiger partial charge in [-0.05, 0) is 26.0 Å². The fraction of sp³-hybridized carbons (Fsp3) is 0.308. The number of carbonyl (C=O) groups is 3. The maximum atomic E-state index is 11.8. The van der Waals surface area contributed by atoms with Crippen molar-refractivity contribution in [2.75, 3.05) is 6.61 Å². The highest BCUT2D eigenvalue weighted by atomic mass is 16.6. The molecule has 0 unspecified atom stereocenters. The number of ether oxygens (including phenoxy) is 1. The molecule has 8 nitrogen and oxygen atoms in total. The Morgan fingerprint density at radius 2 is 1.86 bits per heavy atom. The fourth-order valence-corrected chi connectivity index (χ4v) is 1.40. The van der Waals surface area contributed by atoms with Gasteiger partial charge in [-0.25, -0.2) is 0 Å². The minimum Gasteiger partial charge on any atom is -0.465 e. The lowest BCUT2D eigenvalue weighted by atomic mass is 10.1. The molecule has 0 aliphatic carbocycles. The third-order valence-corrected chi connectivity index (χ3v) is 2.61. The van der Waals surface area contributed by atoms with Crippen molar-refractivity contribution in [3.05, 3.63) is 39.9 Å². The van der Waals surface area contributed by atoms with Crippen molar-refractivity contribution >= 4 is 23.5 Å². The first kappa shape index (κ1) is 16.3. The molecule has 2 amide bonds. The van der Waals surface area contributed by atoms with Gasteiger partial charge in [-0.15, -0.1) is 0 Å². The van der Waals surface area contributed by atoms with Crippen LogP contribution in [0.4, 0.5) is 5.69 Å². The molecule has 1 aromatic carbocycles. The van der Waals surface area contributed by atoms with E-state index >= 15 is 0 Å². The second kappa shape index (κ2) is 7.13. The standard InChI is InChI=1S/C13H14N2O6/c1-3-21-13(18)8(2)11(16)14-12(17)9-4-6-10(7-5-9)15(19)20/h4-8H,3H2,1-2H3,(H,14,16,17)/t8-/m0/s1. The van der Waals surface area contributed by atoms with Crippen molar-refractivity contribution < 1.29 is 24.0 Å². The molecule has 0 fully saturated rings. The number of nitro benzene ring substituents is 1. The Morgan fingerprint density at radius 3 is 2.33 bits per heavy atom. The van der Waals surface area contributed by atoms with Crippen LogP contribution in [-0.4, -0.2) is 29.3 Å². The van der Waals surface area contributed by atoms with Gasteiger partial charge >= 0.3 is 5.97 Å². The quantitative estimate of drug-likeness (QED) is 0.375. The first-order chi connectivity index (χ1) is 9.86. The molecule has 112 valence electrons. The molecule has 0 aliphatic heterocycles. The molecule has 0 saturated heterocycles. The van der Waals surface area contributed by atoms with Crippen LogP contribution in [0.1, 0.15) is 24.2 Å². The molecule has 21 heavy (non-hydrogen) atoms. The minimum absolute atomic E-state index is 0.0741. The van der Waals surface area contributed by atoms with Crippen molar-refractivity contribution in [1.29, 1.82) is 0 Å². The number of nitrogens with one attached hydrogen (secondary N) is 1. The highest BCUT2D eigenvalue weighted by Gasteiger charge is 2.24. The molecule has 8 heteroatoms. The van der Waals surface area contributed by atoms with Crippen LogP contribution in [0.2, 0.25) is 0 Å². The van der Waals surface area contributed by atoms with Crippen LogP contribution in [0.25, 0.3) is 0 Å². The number of rotatable bonds is 5. The van der Waals surface area contributed by atoms with E-state index in [1.807, 2.05) is 5.32 Å². The number of hydrogen-bond donors (Lipinski definition) is 1. The predicted octanol–water partition coefficient (Wildman–Crippen LogP) is 1.05. The van der Waals surface area contributed by atoms with Crippen LogP contribution in [0.3, 0.4) is 0 Å². The van der Waals surface area contributed by atoms with Gasteiger partial charge in [-0.2, -0.15) is 0 Å². The first-order valence-electron chi connectivity index (χ1n) is 6.13. The summed E-state index contributed by atoms with van der Waals surface area (Å²) < 4.78 is 4.67. The van der Waals surface area contributed by atoms with E-state index in [1.165, 1.54) is 19.1 Å². The molecule has 1 N–H and O–H groups in total. The SMILES string of the molecule is CCOC(=O)[C@@H](C)C(=O)NC(=O)c1ccc([N+](=O)[O-])cc1. The van der Waals surface area contributed by atoms with Crippen LogP contribution >= 0.6 is 0 Å². The molecule has 0 bridgehead atoms. The van der Waals surface area contributed by atoms with E-state index in [-0.39, 0.29) is 17.9 Å². The van der Waals surface area contributed by atoms with E-state index in [2.05, 4.69) is 4.74 Å². The number of non-ortho nitro benzene ring substituents is 1. The Hall–Kier alpha value is -2.77. The lowest BCUT2D eigenvalue weighted by molar-refractivity contribution is -0.384. The molecule has 0 heterocycles. The van der Waals surface area contributed by atoms with Gasteiger partial charge in [0.1, 0.15) is 5.92 Å². The smallest absolute Gasteiger partial charge is 0.318 e. The van der Waals surface area contributed by atoms with Crippen molar-refractivity contribution in [1.82, 2.24) is 5.32 Å². The molecule has 0 aliphatic rings. The third-order valence-electron chi connectivity index (χ3n) is 2.61. The molecular formula is C13H14N2O6. The summed E-state index contributed by atoms with van der Waals surface area (Å²) in [6.07, 6.45) is 0. The monoisotopic (exact) mass is 294 g/mol. The van der Waals surface area contributed by atoms with Gasteiger partial charge in [-0.1, -0.05) is 0 Å². The number of benzene rings is 1. The van der Waals surface area contributed by atoms with Gasteiger partial charge in [-0.3, -0.25) is 29.8 Å². The topological polar surface area (TPSA) is 116 Å². The lowest BCUT2D eigenvalue weighted by Crippen LogP contribution is -2.38. The van der Waals surface area contributed by atoms with Gasteiger partial charge in [0.05, 0.1) is 11.5 Å². The van der Waals surface area contributed by atoms with Gasteiger partial charge in [0.2, 0.25) is 5.91 Å². The van der Waals surface area contributed by atoms with Crippen LogP contribution in [0.5, 0.6) is 0 Å². The third kappa shape index (κ3) is 4.37. The summed E-state index contributed by atoms with van der Waals surface area (Å²) in [5, 5.41) is 12.5. The van der Waals surface area contributed by atoms with E-state index < -0.39 is 28.6 Å². The molecular weight excluding hydrogens is 280 g/mol. The average molecular weight is 294 g/mol. The first-order valence-corrected chi connectivity index (χ1v) is 6.13. The summed E-state index contributed by atoms with van der Waals surface area (Å²) in [4.78, 5) is 44.7.